The van der Waals surface area contributed by atoms with Crippen LogP contribution in [0, 0.1) is 11.7 Å². The summed E-state index contributed by atoms with van der Waals surface area (Å²) in [6, 6.07) is 7.31. The summed E-state index contributed by atoms with van der Waals surface area (Å²) >= 11 is 3.12. The molecule has 3 atom stereocenters. The van der Waals surface area contributed by atoms with Gasteiger partial charge in [-0.2, -0.15) is 0 Å². The molecule has 1 N–H and O–H groups in total. The fourth-order valence-corrected chi connectivity index (χ4v) is 5.80. The molecular formula is C30H30BrFO9. The predicted molar refractivity (Wildman–Crippen MR) is 150 cm³/mol. The largest absolute Gasteiger partial charge is 0.493 e. The molecule has 1 aliphatic heterocycles. The summed E-state index contributed by atoms with van der Waals surface area (Å²) in [5, 5.41) is 12.1. The highest BCUT2D eigenvalue weighted by Gasteiger charge is 2.47. The Labute approximate surface area is 245 Å². The van der Waals surface area contributed by atoms with Crippen LogP contribution in [0.4, 0.5) is 4.39 Å². The number of carbonyl (C=O) groups is 1. The lowest BCUT2D eigenvalue weighted by molar-refractivity contribution is -0.107. The molecule has 0 aromatic heterocycles. The maximum absolute atomic E-state index is 13.9. The van der Waals surface area contributed by atoms with E-state index in [2.05, 4.69) is 15.9 Å². The van der Waals surface area contributed by atoms with Gasteiger partial charge in [0.1, 0.15) is 11.4 Å². The molecule has 0 amide bonds. The van der Waals surface area contributed by atoms with Crippen LogP contribution in [0.15, 0.2) is 34.8 Å². The number of hydrogen-bond acceptors (Lipinski definition) is 9. The van der Waals surface area contributed by atoms with Gasteiger partial charge in [-0.1, -0.05) is 6.92 Å². The molecule has 0 spiro atoms. The minimum atomic E-state index is -1.60. The Balaban J connectivity index is 1.84. The molecule has 5 rings (SSSR count). The fraction of sp³-hybridized carbons (Fsp3) is 0.367. The van der Waals surface area contributed by atoms with Gasteiger partial charge in [-0.05, 0) is 71.1 Å². The Morgan fingerprint density at radius 2 is 1.71 bits per heavy atom. The first-order valence-electron chi connectivity index (χ1n) is 12.8. The molecule has 218 valence electrons. The normalized spacial score (nSPS) is 20.7. The van der Waals surface area contributed by atoms with Gasteiger partial charge >= 0.3 is 5.97 Å². The van der Waals surface area contributed by atoms with Crippen LogP contribution in [-0.4, -0.2) is 51.9 Å². The van der Waals surface area contributed by atoms with E-state index in [1.807, 2.05) is 13.0 Å². The topological polar surface area (TPSA) is 102 Å². The molecule has 3 aromatic rings. The average Bonchev–Trinajstić information content (AvgIpc) is 3.43. The number of fused-ring (bicyclic) bond motifs is 4. The number of hydrogen-bond donors (Lipinski definition) is 1. The van der Waals surface area contributed by atoms with Crippen LogP contribution in [0.5, 0.6) is 34.5 Å². The molecule has 0 fully saturated rings. The Morgan fingerprint density at radius 1 is 1.00 bits per heavy atom. The number of carbonyl (C=O) groups excluding carboxylic acids is 1. The molecule has 1 heterocycles. The van der Waals surface area contributed by atoms with E-state index >= 15 is 0 Å². The number of ether oxygens (including phenoxy) is 7. The van der Waals surface area contributed by atoms with E-state index in [9.17, 15) is 14.3 Å². The van der Waals surface area contributed by atoms with E-state index in [0.29, 0.717) is 51.9 Å². The second-order valence-electron chi connectivity index (χ2n) is 10.0. The SMILES string of the molecule is COc1cc2c(c(OC)c1OC)-c1c(cc3c(c1OC)OCO3)C[C@H](C)[C@](C)(O)[C@H]2OC(=O)c1ccc(F)c(Br)c1. The quantitative estimate of drug-likeness (QED) is 0.335. The number of halogens is 2. The van der Waals surface area contributed by atoms with Gasteiger partial charge in [-0.3, -0.25) is 0 Å². The Hall–Kier alpha value is -3.70. The number of benzene rings is 3. The lowest BCUT2D eigenvalue weighted by Crippen LogP contribution is -2.43. The summed E-state index contributed by atoms with van der Waals surface area (Å²) in [5.41, 5.74) is 0.729. The summed E-state index contributed by atoms with van der Waals surface area (Å²) in [6.07, 6.45) is -0.886. The first kappa shape index (κ1) is 28.8. The zero-order valence-corrected chi connectivity index (χ0v) is 25.0. The van der Waals surface area contributed by atoms with Crippen molar-refractivity contribution in [3.63, 3.8) is 0 Å². The number of methoxy groups -OCH3 is 4. The molecule has 0 unspecified atom stereocenters. The van der Waals surface area contributed by atoms with Crippen LogP contribution in [0.3, 0.4) is 0 Å². The highest BCUT2D eigenvalue weighted by atomic mass is 79.9. The highest BCUT2D eigenvalue weighted by molar-refractivity contribution is 9.10. The van der Waals surface area contributed by atoms with Gasteiger partial charge < -0.3 is 38.3 Å². The van der Waals surface area contributed by atoms with Crippen molar-refractivity contribution in [3.05, 3.63) is 57.3 Å². The van der Waals surface area contributed by atoms with Crippen molar-refractivity contribution in [2.75, 3.05) is 35.2 Å². The molecule has 0 saturated heterocycles. The van der Waals surface area contributed by atoms with E-state index in [4.69, 9.17) is 33.2 Å². The van der Waals surface area contributed by atoms with Crippen LogP contribution >= 0.6 is 15.9 Å². The number of rotatable bonds is 6. The lowest BCUT2D eigenvalue weighted by atomic mass is 9.73. The average molecular weight is 633 g/mol. The van der Waals surface area contributed by atoms with Crippen molar-refractivity contribution in [3.8, 4) is 45.6 Å². The van der Waals surface area contributed by atoms with Crippen molar-refractivity contribution >= 4 is 21.9 Å². The third kappa shape index (κ3) is 4.70. The van der Waals surface area contributed by atoms with E-state index in [1.165, 1.54) is 40.6 Å². The van der Waals surface area contributed by atoms with Crippen molar-refractivity contribution in [2.45, 2.75) is 32.0 Å². The molecule has 41 heavy (non-hydrogen) atoms. The number of aliphatic hydroxyl groups is 1. The van der Waals surface area contributed by atoms with E-state index in [-0.39, 0.29) is 22.6 Å². The second kappa shape index (κ2) is 10.9. The van der Waals surface area contributed by atoms with Gasteiger partial charge in [-0.15, -0.1) is 0 Å². The summed E-state index contributed by atoms with van der Waals surface area (Å²) in [4.78, 5) is 13.5. The molecule has 0 radical (unpaired) electrons. The Morgan fingerprint density at radius 3 is 2.34 bits per heavy atom. The summed E-state index contributed by atoms with van der Waals surface area (Å²) in [7, 11) is 5.95. The van der Waals surface area contributed by atoms with Gasteiger partial charge in [0.15, 0.2) is 29.1 Å². The maximum atomic E-state index is 13.9. The van der Waals surface area contributed by atoms with Crippen LogP contribution in [0.25, 0.3) is 11.1 Å². The third-order valence-corrected chi connectivity index (χ3v) is 8.34. The Bertz CT molecular complexity index is 1520. The summed E-state index contributed by atoms with van der Waals surface area (Å²) in [5.74, 6) is 0.441. The van der Waals surface area contributed by atoms with Gasteiger partial charge in [0.25, 0.3) is 0 Å². The summed E-state index contributed by atoms with van der Waals surface area (Å²) < 4.78 is 54.7. The van der Waals surface area contributed by atoms with Gasteiger partial charge in [0, 0.05) is 16.7 Å². The number of esters is 1. The van der Waals surface area contributed by atoms with Crippen LogP contribution in [-0.2, 0) is 11.2 Å². The van der Waals surface area contributed by atoms with Crippen molar-refractivity contribution in [1.29, 1.82) is 0 Å². The Kier molecular flexibility index (Phi) is 7.69. The zero-order valence-electron chi connectivity index (χ0n) is 23.4. The maximum Gasteiger partial charge on any atom is 0.338 e. The minimum Gasteiger partial charge on any atom is -0.493 e. The smallest absolute Gasteiger partial charge is 0.338 e. The first-order valence-corrected chi connectivity index (χ1v) is 13.6. The van der Waals surface area contributed by atoms with E-state index in [1.54, 1.807) is 13.0 Å². The van der Waals surface area contributed by atoms with Crippen LogP contribution < -0.4 is 28.4 Å². The van der Waals surface area contributed by atoms with Crippen LogP contribution in [0.1, 0.15) is 41.4 Å². The van der Waals surface area contributed by atoms with Crippen molar-refractivity contribution in [2.24, 2.45) is 5.92 Å². The molecule has 11 heteroatoms. The van der Waals surface area contributed by atoms with Gasteiger partial charge in [0.05, 0.1) is 38.5 Å². The van der Waals surface area contributed by atoms with E-state index < -0.39 is 29.4 Å². The third-order valence-electron chi connectivity index (χ3n) is 7.73. The molecule has 1 aliphatic carbocycles. The predicted octanol–water partition coefficient (Wildman–Crippen LogP) is 5.86. The standard InChI is InChI=1S/C30H30BrFO9/c1-14-9-16-11-21-25(40-13-39-21)26(37-5)22(16)23-17(12-20(35-3)24(36-4)27(23)38-6)28(30(14,2)34)41-29(33)15-7-8-19(32)18(31)10-15/h7-8,10-12,14,28,34H,9,13H2,1-6H3/t14-,28-,30-/m0/s1. The zero-order chi connectivity index (χ0) is 29.6. The first-order chi connectivity index (χ1) is 19.6. The van der Waals surface area contributed by atoms with Crippen molar-refractivity contribution < 1.29 is 47.4 Å². The second-order valence-corrected chi connectivity index (χ2v) is 10.9. The van der Waals surface area contributed by atoms with Gasteiger partial charge in [-0.25, -0.2) is 9.18 Å². The van der Waals surface area contributed by atoms with Crippen molar-refractivity contribution in [1.82, 2.24) is 0 Å². The molecule has 2 aliphatic rings. The molecule has 3 aromatic carbocycles. The molecule has 9 nitrogen and oxygen atoms in total. The molecule has 0 saturated carbocycles. The van der Waals surface area contributed by atoms with Gasteiger partial charge in [0.2, 0.25) is 18.3 Å². The highest BCUT2D eigenvalue weighted by Crippen LogP contribution is 2.59. The van der Waals surface area contributed by atoms with Crippen LogP contribution in [0.2, 0.25) is 0 Å². The van der Waals surface area contributed by atoms with E-state index in [0.717, 1.165) is 11.6 Å². The molecular weight excluding hydrogens is 603 g/mol. The lowest BCUT2D eigenvalue weighted by Gasteiger charge is -2.41. The fourth-order valence-electron chi connectivity index (χ4n) is 5.42. The monoisotopic (exact) mass is 632 g/mol. The minimum absolute atomic E-state index is 0.0191. The summed E-state index contributed by atoms with van der Waals surface area (Å²) in [6.45, 7) is 3.49. The molecule has 0 bridgehead atoms.